The summed E-state index contributed by atoms with van der Waals surface area (Å²) in [7, 11) is 0. The molecule has 7 heteroatoms. The zero-order valence-electron chi connectivity index (χ0n) is 20.0. The van der Waals surface area contributed by atoms with E-state index in [0.717, 1.165) is 35.1 Å². The summed E-state index contributed by atoms with van der Waals surface area (Å²) in [5.74, 6) is -1.63. The second-order valence-corrected chi connectivity index (χ2v) is 9.14. The average Bonchev–Trinajstić information content (AvgIpc) is 3.12. The molecule has 34 heavy (non-hydrogen) atoms. The van der Waals surface area contributed by atoms with Crippen molar-refractivity contribution in [3.63, 3.8) is 0 Å². The van der Waals surface area contributed by atoms with Crippen LogP contribution in [0.2, 0.25) is 0 Å². The Labute approximate surface area is 200 Å². The molecule has 0 saturated carbocycles. The van der Waals surface area contributed by atoms with Gasteiger partial charge >= 0.3 is 12.1 Å². The number of carboxylic acid groups (broad SMARTS) is 1. The van der Waals surface area contributed by atoms with E-state index in [0.29, 0.717) is 6.42 Å². The van der Waals surface area contributed by atoms with E-state index in [1.807, 2.05) is 57.2 Å². The quantitative estimate of drug-likeness (QED) is 0.445. The molecule has 0 bridgehead atoms. The normalized spacial score (nSPS) is 14.1. The number of amides is 2. The van der Waals surface area contributed by atoms with Crippen LogP contribution in [-0.2, 0) is 14.3 Å². The molecule has 0 aromatic heterocycles. The molecule has 1 aliphatic rings. The van der Waals surface area contributed by atoms with Crippen molar-refractivity contribution in [1.82, 2.24) is 10.6 Å². The smallest absolute Gasteiger partial charge is 0.407 e. The first-order chi connectivity index (χ1) is 16.3. The number of carbonyl (C=O) groups excluding carboxylic acids is 2. The lowest BCUT2D eigenvalue weighted by atomic mass is 9.98. The topological polar surface area (TPSA) is 105 Å². The van der Waals surface area contributed by atoms with Crippen LogP contribution in [-0.4, -0.2) is 41.8 Å². The maximum atomic E-state index is 12.9. The average molecular weight is 467 g/mol. The molecule has 2 amide bonds. The number of rotatable bonds is 11. The molecule has 2 aromatic carbocycles. The summed E-state index contributed by atoms with van der Waals surface area (Å²) >= 11 is 0. The van der Waals surface area contributed by atoms with Gasteiger partial charge < -0.3 is 20.5 Å². The standard InChI is InChI=1S/C27H34N2O5/c1-4-5-10-18(15-24(30)31)28-26(32)25(17(2)3)29-27(33)34-16-23-21-13-8-6-11-19(21)20-12-7-9-14-22(20)23/h6-9,11-14,17-18,23,25H,4-5,10,15-16H2,1-3H3,(H,28,32)(H,29,33)(H,30,31)/t18-,25+/m1/s1. The fourth-order valence-corrected chi connectivity index (χ4v) is 4.48. The molecule has 3 rings (SSSR count). The SMILES string of the molecule is CCCC[C@H](CC(=O)O)NC(=O)[C@@H](NC(=O)OCC1c2ccccc2-c2ccccc21)C(C)C. The molecule has 7 nitrogen and oxygen atoms in total. The highest BCUT2D eigenvalue weighted by atomic mass is 16.5. The third-order valence-corrected chi connectivity index (χ3v) is 6.24. The number of hydrogen-bond donors (Lipinski definition) is 3. The molecule has 0 spiro atoms. The Morgan fingerprint density at radius 2 is 1.56 bits per heavy atom. The van der Waals surface area contributed by atoms with Crippen molar-refractivity contribution < 1.29 is 24.2 Å². The number of fused-ring (bicyclic) bond motifs is 3. The molecule has 0 heterocycles. The number of hydrogen-bond acceptors (Lipinski definition) is 4. The van der Waals surface area contributed by atoms with Crippen LogP contribution >= 0.6 is 0 Å². The number of unbranched alkanes of at least 4 members (excludes halogenated alkanes) is 1. The fourth-order valence-electron chi connectivity index (χ4n) is 4.48. The van der Waals surface area contributed by atoms with Crippen LogP contribution in [0.15, 0.2) is 48.5 Å². The lowest BCUT2D eigenvalue weighted by Gasteiger charge is -2.25. The van der Waals surface area contributed by atoms with Gasteiger partial charge in [-0.15, -0.1) is 0 Å². The largest absolute Gasteiger partial charge is 0.481 e. The van der Waals surface area contributed by atoms with E-state index in [4.69, 9.17) is 9.84 Å². The summed E-state index contributed by atoms with van der Waals surface area (Å²) in [6, 6.07) is 14.9. The van der Waals surface area contributed by atoms with Gasteiger partial charge in [0.15, 0.2) is 0 Å². The van der Waals surface area contributed by atoms with Crippen LogP contribution in [0.4, 0.5) is 4.79 Å². The van der Waals surface area contributed by atoms with Gasteiger partial charge in [-0.25, -0.2) is 4.79 Å². The summed E-state index contributed by atoms with van der Waals surface area (Å²) in [6.07, 6.45) is 1.47. The van der Waals surface area contributed by atoms with Crippen LogP contribution in [0.25, 0.3) is 11.1 Å². The molecule has 1 aliphatic carbocycles. The molecule has 3 N–H and O–H groups in total. The lowest BCUT2D eigenvalue weighted by Crippen LogP contribution is -2.52. The maximum Gasteiger partial charge on any atom is 0.407 e. The van der Waals surface area contributed by atoms with Crippen LogP contribution in [0, 0.1) is 5.92 Å². The van der Waals surface area contributed by atoms with E-state index in [2.05, 4.69) is 22.8 Å². The second-order valence-electron chi connectivity index (χ2n) is 9.14. The minimum Gasteiger partial charge on any atom is -0.481 e. The third kappa shape index (κ3) is 6.16. The molecule has 0 radical (unpaired) electrons. The van der Waals surface area contributed by atoms with Crippen molar-refractivity contribution >= 4 is 18.0 Å². The van der Waals surface area contributed by atoms with E-state index in [-0.39, 0.29) is 24.9 Å². The van der Waals surface area contributed by atoms with Crippen LogP contribution in [0.5, 0.6) is 0 Å². The van der Waals surface area contributed by atoms with E-state index >= 15 is 0 Å². The van der Waals surface area contributed by atoms with E-state index in [9.17, 15) is 14.4 Å². The summed E-state index contributed by atoms with van der Waals surface area (Å²) in [6.45, 7) is 5.82. The highest BCUT2D eigenvalue weighted by molar-refractivity contribution is 5.86. The Balaban J connectivity index is 1.63. The van der Waals surface area contributed by atoms with Gasteiger partial charge in [0.25, 0.3) is 0 Å². The lowest BCUT2D eigenvalue weighted by molar-refractivity contribution is -0.137. The zero-order chi connectivity index (χ0) is 24.7. The van der Waals surface area contributed by atoms with E-state index in [1.165, 1.54) is 0 Å². The summed E-state index contributed by atoms with van der Waals surface area (Å²) in [5.41, 5.74) is 4.51. The number of alkyl carbamates (subject to hydrolysis) is 1. The van der Waals surface area contributed by atoms with Gasteiger partial charge in [0.2, 0.25) is 5.91 Å². The number of carbonyl (C=O) groups is 3. The van der Waals surface area contributed by atoms with Crippen LogP contribution < -0.4 is 10.6 Å². The first-order valence-electron chi connectivity index (χ1n) is 12.0. The minimum atomic E-state index is -0.966. The Morgan fingerprint density at radius 1 is 0.971 bits per heavy atom. The van der Waals surface area contributed by atoms with Crippen molar-refractivity contribution in [3.05, 3.63) is 59.7 Å². The summed E-state index contributed by atoms with van der Waals surface area (Å²) in [4.78, 5) is 36.7. The number of nitrogens with one attached hydrogen (secondary N) is 2. The molecule has 0 fully saturated rings. The molecule has 0 aliphatic heterocycles. The summed E-state index contributed by atoms with van der Waals surface area (Å²) in [5, 5.41) is 14.6. The van der Waals surface area contributed by atoms with Gasteiger partial charge in [-0.05, 0) is 34.6 Å². The Kier molecular flexibility index (Phi) is 8.68. The zero-order valence-corrected chi connectivity index (χ0v) is 20.0. The number of aliphatic carboxylic acids is 1. The predicted molar refractivity (Wildman–Crippen MR) is 131 cm³/mol. The monoisotopic (exact) mass is 466 g/mol. The third-order valence-electron chi connectivity index (χ3n) is 6.24. The van der Waals surface area contributed by atoms with Crippen molar-refractivity contribution in [3.8, 4) is 11.1 Å². The van der Waals surface area contributed by atoms with Gasteiger partial charge in [-0.2, -0.15) is 0 Å². The van der Waals surface area contributed by atoms with Crippen LogP contribution in [0.1, 0.15) is 63.5 Å². The highest BCUT2D eigenvalue weighted by Crippen LogP contribution is 2.44. The van der Waals surface area contributed by atoms with E-state index < -0.39 is 30.1 Å². The first-order valence-corrected chi connectivity index (χ1v) is 12.0. The molecule has 0 unspecified atom stereocenters. The summed E-state index contributed by atoms with van der Waals surface area (Å²) < 4.78 is 5.58. The highest BCUT2D eigenvalue weighted by Gasteiger charge is 2.31. The molecule has 2 aromatic rings. The van der Waals surface area contributed by atoms with Crippen molar-refractivity contribution in [2.24, 2.45) is 5.92 Å². The minimum absolute atomic E-state index is 0.0709. The van der Waals surface area contributed by atoms with Gasteiger partial charge in [0.05, 0.1) is 6.42 Å². The van der Waals surface area contributed by atoms with Crippen LogP contribution in [0.3, 0.4) is 0 Å². The first kappa shape index (κ1) is 25.3. The maximum absolute atomic E-state index is 12.9. The van der Waals surface area contributed by atoms with Gasteiger partial charge in [-0.1, -0.05) is 82.1 Å². The van der Waals surface area contributed by atoms with Gasteiger partial charge in [0.1, 0.15) is 12.6 Å². The number of benzene rings is 2. The number of carboxylic acids is 1. The Bertz CT molecular complexity index is 974. The fraction of sp³-hybridized carbons (Fsp3) is 0.444. The molecular formula is C27H34N2O5. The van der Waals surface area contributed by atoms with E-state index in [1.54, 1.807) is 0 Å². The van der Waals surface area contributed by atoms with Crippen molar-refractivity contribution in [2.75, 3.05) is 6.61 Å². The molecule has 0 saturated heterocycles. The molecule has 182 valence electrons. The van der Waals surface area contributed by atoms with Gasteiger partial charge in [-0.3, -0.25) is 9.59 Å². The Morgan fingerprint density at radius 3 is 2.09 bits per heavy atom. The molecular weight excluding hydrogens is 432 g/mol. The predicted octanol–water partition coefficient (Wildman–Crippen LogP) is 4.70. The van der Waals surface area contributed by atoms with Crippen molar-refractivity contribution in [2.45, 2.75) is 64.5 Å². The van der Waals surface area contributed by atoms with Crippen molar-refractivity contribution in [1.29, 1.82) is 0 Å². The Hall–Kier alpha value is -3.35. The van der Waals surface area contributed by atoms with Gasteiger partial charge in [0, 0.05) is 12.0 Å². The second kappa shape index (κ2) is 11.7. The molecule has 2 atom stereocenters. The number of ether oxygens (including phenoxy) is 1.